The fourth-order valence-corrected chi connectivity index (χ4v) is 2.14. The van der Waals surface area contributed by atoms with E-state index in [9.17, 15) is 30.8 Å². The Morgan fingerprint density at radius 2 is 1.91 bits per heavy atom. The van der Waals surface area contributed by atoms with Crippen molar-refractivity contribution in [3.8, 4) is 5.75 Å². The van der Waals surface area contributed by atoms with Crippen molar-refractivity contribution in [1.29, 1.82) is 0 Å². The Balaban J connectivity index is 2.66. The topological polar surface area (TPSA) is 82.6 Å². The summed E-state index contributed by atoms with van der Waals surface area (Å²) >= 11 is 0. The first-order valence-electron chi connectivity index (χ1n) is 5.74. The molecule has 0 aliphatic carbocycles. The number of halogens is 4. The van der Waals surface area contributed by atoms with Crippen LogP contribution in [0.15, 0.2) is 24.4 Å². The summed E-state index contributed by atoms with van der Waals surface area (Å²) in [5.41, 5.74) is -6.48. The first-order valence-corrected chi connectivity index (χ1v) is 7.15. The molecule has 1 heterocycles. The zero-order chi connectivity index (χ0) is 17.4. The van der Waals surface area contributed by atoms with Crippen molar-refractivity contribution in [3.63, 3.8) is 0 Å². The van der Waals surface area contributed by atoms with E-state index < -0.39 is 44.1 Å². The molecular formula is C12H7F4NO5S. The van der Waals surface area contributed by atoms with Gasteiger partial charge in [0, 0.05) is 17.6 Å². The van der Waals surface area contributed by atoms with Gasteiger partial charge in [-0.2, -0.15) is 21.6 Å². The highest BCUT2D eigenvalue weighted by molar-refractivity contribution is 7.88. The molecule has 0 aliphatic heterocycles. The van der Waals surface area contributed by atoms with Gasteiger partial charge in [0.15, 0.2) is 5.75 Å². The Morgan fingerprint density at radius 3 is 2.48 bits per heavy atom. The molecule has 6 nitrogen and oxygen atoms in total. The van der Waals surface area contributed by atoms with Crippen molar-refractivity contribution in [2.24, 2.45) is 0 Å². The molecule has 0 unspecified atom stereocenters. The van der Waals surface area contributed by atoms with Crippen molar-refractivity contribution >= 4 is 27.0 Å². The predicted octanol–water partition coefficient (Wildman–Crippen LogP) is 2.39. The fraction of sp³-hybridized carbons (Fsp3) is 0.167. The lowest BCUT2D eigenvalue weighted by Crippen LogP contribution is -2.28. The number of ether oxygens (including phenoxy) is 1. The third-order valence-corrected chi connectivity index (χ3v) is 3.63. The SMILES string of the molecule is COC(=O)c1cc(F)c2nccc(OS(=O)(=O)C(F)(F)F)c2c1. The second-order valence-electron chi connectivity index (χ2n) is 4.14. The second kappa shape index (κ2) is 5.65. The molecule has 11 heteroatoms. The molecule has 0 amide bonds. The van der Waals surface area contributed by atoms with Gasteiger partial charge in [-0.05, 0) is 12.1 Å². The molecule has 0 saturated carbocycles. The normalized spacial score (nSPS) is 12.2. The van der Waals surface area contributed by atoms with Crippen LogP contribution >= 0.6 is 0 Å². The molecule has 0 spiro atoms. The van der Waals surface area contributed by atoms with Gasteiger partial charge in [-0.3, -0.25) is 4.98 Å². The first kappa shape index (κ1) is 16.9. The molecule has 0 saturated heterocycles. The number of esters is 1. The van der Waals surface area contributed by atoms with Crippen LogP contribution < -0.4 is 4.18 Å². The number of aromatic nitrogens is 1. The van der Waals surface area contributed by atoms with Crippen LogP contribution in [0.2, 0.25) is 0 Å². The van der Waals surface area contributed by atoms with E-state index in [4.69, 9.17) is 0 Å². The quantitative estimate of drug-likeness (QED) is 0.365. The lowest BCUT2D eigenvalue weighted by molar-refractivity contribution is -0.0499. The highest BCUT2D eigenvalue weighted by atomic mass is 32.2. The van der Waals surface area contributed by atoms with Crippen LogP contribution in [-0.4, -0.2) is 32.0 Å². The standard InChI is InChI=1S/C12H7F4NO5S/c1-21-11(18)6-4-7-9(22-23(19,20)12(14,15)16)2-3-17-10(7)8(13)5-6/h2-5H,1H3. The summed E-state index contributed by atoms with van der Waals surface area (Å²) < 4.78 is 81.5. The van der Waals surface area contributed by atoms with Crippen LogP contribution in [0.3, 0.4) is 0 Å². The summed E-state index contributed by atoms with van der Waals surface area (Å²) in [6, 6.07) is 2.47. The number of pyridine rings is 1. The molecule has 0 radical (unpaired) electrons. The van der Waals surface area contributed by atoms with Crippen molar-refractivity contribution in [1.82, 2.24) is 4.98 Å². The van der Waals surface area contributed by atoms with Crippen LogP contribution in [0.1, 0.15) is 10.4 Å². The summed E-state index contributed by atoms with van der Waals surface area (Å²) in [6.45, 7) is 0. The minimum atomic E-state index is -5.96. The van der Waals surface area contributed by atoms with Gasteiger partial charge in [-0.25, -0.2) is 9.18 Å². The minimum absolute atomic E-state index is 0.347. The fourth-order valence-electron chi connectivity index (χ4n) is 1.66. The number of fused-ring (bicyclic) bond motifs is 1. The van der Waals surface area contributed by atoms with Gasteiger partial charge in [-0.1, -0.05) is 0 Å². The maximum absolute atomic E-state index is 13.9. The molecule has 1 aromatic heterocycles. The molecule has 124 valence electrons. The van der Waals surface area contributed by atoms with E-state index in [-0.39, 0.29) is 5.56 Å². The number of hydrogen-bond acceptors (Lipinski definition) is 6. The highest BCUT2D eigenvalue weighted by Gasteiger charge is 2.48. The van der Waals surface area contributed by atoms with E-state index in [1.54, 1.807) is 0 Å². The number of methoxy groups -OCH3 is 1. The van der Waals surface area contributed by atoms with Gasteiger partial charge in [0.2, 0.25) is 0 Å². The smallest absolute Gasteiger partial charge is 0.465 e. The first-order chi connectivity index (χ1) is 10.6. The molecule has 0 aliphatic rings. The van der Waals surface area contributed by atoms with E-state index in [0.29, 0.717) is 0 Å². The number of benzene rings is 1. The van der Waals surface area contributed by atoms with Gasteiger partial charge in [0.1, 0.15) is 11.3 Å². The van der Waals surface area contributed by atoms with Crippen molar-refractivity contribution in [3.05, 3.63) is 35.8 Å². The molecule has 0 N–H and O–H groups in total. The zero-order valence-corrected chi connectivity index (χ0v) is 12.0. The molecule has 2 aromatic rings. The van der Waals surface area contributed by atoms with Crippen LogP contribution in [0.5, 0.6) is 5.75 Å². The zero-order valence-electron chi connectivity index (χ0n) is 11.2. The van der Waals surface area contributed by atoms with Gasteiger partial charge < -0.3 is 8.92 Å². The number of rotatable bonds is 3. The van der Waals surface area contributed by atoms with E-state index >= 15 is 0 Å². The minimum Gasteiger partial charge on any atom is -0.465 e. The van der Waals surface area contributed by atoms with Gasteiger partial charge in [-0.15, -0.1) is 0 Å². The summed E-state index contributed by atoms with van der Waals surface area (Å²) in [5.74, 6) is -2.85. The predicted molar refractivity (Wildman–Crippen MR) is 68.6 cm³/mol. The van der Waals surface area contributed by atoms with Crippen LogP contribution in [0.4, 0.5) is 17.6 Å². The Morgan fingerprint density at radius 1 is 1.26 bits per heavy atom. The van der Waals surface area contributed by atoms with Gasteiger partial charge in [0.05, 0.1) is 12.7 Å². The summed E-state index contributed by atoms with van der Waals surface area (Å²) in [7, 11) is -4.95. The average Bonchev–Trinajstić information content (AvgIpc) is 2.45. The van der Waals surface area contributed by atoms with E-state index in [0.717, 1.165) is 31.5 Å². The summed E-state index contributed by atoms with van der Waals surface area (Å²) in [5, 5.41) is -0.430. The second-order valence-corrected chi connectivity index (χ2v) is 5.68. The monoisotopic (exact) mass is 353 g/mol. The Kier molecular flexibility index (Phi) is 4.16. The number of nitrogens with zero attached hydrogens (tertiary/aromatic N) is 1. The van der Waals surface area contributed by atoms with Gasteiger partial charge in [0.25, 0.3) is 0 Å². The lowest BCUT2D eigenvalue weighted by Gasteiger charge is -2.12. The lowest BCUT2D eigenvalue weighted by atomic mass is 10.1. The molecule has 1 aromatic carbocycles. The van der Waals surface area contributed by atoms with Crippen molar-refractivity contribution in [2.75, 3.05) is 7.11 Å². The number of carbonyl (C=O) groups excluding carboxylic acids is 1. The van der Waals surface area contributed by atoms with Crippen LogP contribution in [0.25, 0.3) is 10.9 Å². The third kappa shape index (κ3) is 3.18. The Hall–Kier alpha value is -2.43. The number of alkyl halides is 3. The summed E-state index contributed by atoms with van der Waals surface area (Å²) in [6.07, 6.45) is 0.866. The molecule has 23 heavy (non-hydrogen) atoms. The van der Waals surface area contributed by atoms with Crippen LogP contribution in [0, 0.1) is 5.82 Å². The molecule has 2 rings (SSSR count). The van der Waals surface area contributed by atoms with E-state index in [1.165, 1.54) is 0 Å². The number of carbonyl (C=O) groups is 1. The summed E-state index contributed by atoms with van der Waals surface area (Å²) in [4.78, 5) is 15.0. The molecule has 0 fully saturated rings. The molecular weight excluding hydrogens is 346 g/mol. The van der Waals surface area contributed by atoms with Crippen LogP contribution in [-0.2, 0) is 14.9 Å². The maximum atomic E-state index is 13.9. The van der Waals surface area contributed by atoms with Crippen molar-refractivity contribution in [2.45, 2.75) is 5.51 Å². The van der Waals surface area contributed by atoms with E-state index in [2.05, 4.69) is 13.9 Å². The maximum Gasteiger partial charge on any atom is 0.534 e. The Bertz CT molecular complexity index is 879. The molecule has 0 atom stereocenters. The molecule has 0 bridgehead atoms. The number of hydrogen-bond donors (Lipinski definition) is 0. The average molecular weight is 353 g/mol. The van der Waals surface area contributed by atoms with Gasteiger partial charge >= 0.3 is 21.6 Å². The highest BCUT2D eigenvalue weighted by Crippen LogP contribution is 2.32. The Labute approximate surface area is 126 Å². The van der Waals surface area contributed by atoms with E-state index in [1.807, 2.05) is 0 Å². The largest absolute Gasteiger partial charge is 0.534 e. The van der Waals surface area contributed by atoms with Crippen molar-refractivity contribution < 1.29 is 39.7 Å². The third-order valence-electron chi connectivity index (χ3n) is 2.66.